The van der Waals surface area contributed by atoms with Crippen LogP contribution in [0.2, 0.25) is 0 Å². The monoisotopic (exact) mass is 545 g/mol. The van der Waals surface area contributed by atoms with Gasteiger partial charge in [0, 0.05) is 51.9 Å². The molecule has 0 spiro atoms. The number of carboxylic acids is 1. The molecule has 10 nitrogen and oxygen atoms in total. The molecular formula is C26H30F3N7O3. The fraction of sp³-hybridized carbons (Fsp3) is 0.500. The number of halogens is 3. The Labute approximate surface area is 224 Å². The molecule has 13 heteroatoms. The van der Waals surface area contributed by atoms with E-state index in [2.05, 4.69) is 21.4 Å². The molecule has 3 heterocycles. The Morgan fingerprint density at radius 2 is 1.72 bits per heavy atom. The summed E-state index contributed by atoms with van der Waals surface area (Å²) in [7, 11) is 0. The number of amides is 1. The molecule has 2 fully saturated rings. The molecular weight excluding hydrogens is 515 g/mol. The smallest absolute Gasteiger partial charge is 0.451 e. The number of benzene rings is 1. The van der Waals surface area contributed by atoms with E-state index in [1.54, 1.807) is 26.8 Å². The molecule has 1 atom stereocenters. The van der Waals surface area contributed by atoms with Crippen molar-refractivity contribution in [1.82, 2.24) is 20.2 Å². The molecule has 0 saturated carbocycles. The zero-order chi connectivity index (χ0) is 28.0. The highest BCUT2D eigenvalue weighted by Gasteiger charge is 2.37. The number of piperidine rings is 1. The van der Waals surface area contributed by atoms with E-state index in [1.807, 2.05) is 12.1 Å². The van der Waals surface area contributed by atoms with Crippen LogP contribution < -0.4 is 15.1 Å². The SMILES string of the molecule is N#Cc1ccc(CCNC(=O)[C@@H]2CCCN(c3cc(N4CCN(CC(=O)O)CC4)nc(C(F)(F)F)n3)C2)cc1. The van der Waals surface area contributed by atoms with Crippen molar-refractivity contribution in [3.05, 3.63) is 47.3 Å². The van der Waals surface area contributed by atoms with Gasteiger partial charge in [-0.25, -0.2) is 9.97 Å². The summed E-state index contributed by atoms with van der Waals surface area (Å²) in [5.74, 6) is -2.49. The average Bonchev–Trinajstić information content (AvgIpc) is 2.93. The van der Waals surface area contributed by atoms with E-state index < -0.39 is 23.9 Å². The van der Waals surface area contributed by atoms with Gasteiger partial charge >= 0.3 is 12.1 Å². The van der Waals surface area contributed by atoms with Crippen LogP contribution in [0.4, 0.5) is 24.8 Å². The van der Waals surface area contributed by atoms with E-state index in [0.29, 0.717) is 64.1 Å². The van der Waals surface area contributed by atoms with E-state index in [1.165, 1.54) is 6.07 Å². The van der Waals surface area contributed by atoms with Gasteiger partial charge in [-0.15, -0.1) is 0 Å². The fourth-order valence-corrected chi connectivity index (χ4v) is 4.82. The third kappa shape index (κ3) is 7.57. The topological polar surface area (TPSA) is 126 Å². The summed E-state index contributed by atoms with van der Waals surface area (Å²) in [6.07, 6.45) is -2.90. The maximum Gasteiger partial charge on any atom is 0.451 e. The molecule has 1 amide bonds. The van der Waals surface area contributed by atoms with Crippen LogP contribution >= 0.6 is 0 Å². The lowest BCUT2D eigenvalue weighted by molar-refractivity contribution is -0.145. The number of alkyl halides is 3. The lowest BCUT2D eigenvalue weighted by Crippen LogP contribution is -2.48. The Morgan fingerprint density at radius 3 is 2.33 bits per heavy atom. The molecule has 1 aromatic heterocycles. The number of anilines is 2. The van der Waals surface area contributed by atoms with Crippen LogP contribution in [0.15, 0.2) is 30.3 Å². The van der Waals surface area contributed by atoms with Gasteiger partial charge in [0.15, 0.2) is 0 Å². The molecule has 0 aliphatic carbocycles. The summed E-state index contributed by atoms with van der Waals surface area (Å²) in [5, 5.41) is 20.8. The first-order chi connectivity index (χ1) is 18.6. The second-order valence-corrected chi connectivity index (χ2v) is 9.70. The molecule has 2 N–H and O–H groups in total. The average molecular weight is 546 g/mol. The van der Waals surface area contributed by atoms with Crippen molar-refractivity contribution >= 4 is 23.5 Å². The quantitative estimate of drug-likeness (QED) is 0.513. The Morgan fingerprint density at radius 1 is 1.05 bits per heavy atom. The van der Waals surface area contributed by atoms with Gasteiger partial charge in [0.1, 0.15) is 11.6 Å². The molecule has 2 aromatic rings. The fourth-order valence-electron chi connectivity index (χ4n) is 4.82. The van der Waals surface area contributed by atoms with Crippen molar-refractivity contribution in [3.63, 3.8) is 0 Å². The highest BCUT2D eigenvalue weighted by Crippen LogP contribution is 2.32. The summed E-state index contributed by atoms with van der Waals surface area (Å²) in [6.45, 7) is 2.45. The maximum atomic E-state index is 13.7. The normalized spacial score (nSPS) is 18.5. The minimum absolute atomic E-state index is 0.121. The number of hydrogen-bond acceptors (Lipinski definition) is 8. The lowest BCUT2D eigenvalue weighted by atomic mass is 9.97. The van der Waals surface area contributed by atoms with Crippen molar-refractivity contribution in [3.8, 4) is 6.07 Å². The molecule has 2 aliphatic heterocycles. The second kappa shape index (κ2) is 12.3. The number of hydrogen-bond donors (Lipinski definition) is 2. The van der Waals surface area contributed by atoms with Crippen LogP contribution in [0.25, 0.3) is 0 Å². The van der Waals surface area contributed by atoms with E-state index >= 15 is 0 Å². The molecule has 4 rings (SSSR count). The van der Waals surface area contributed by atoms with Gasteiger partial charge < -0.3 is 20.2 Å². The summed E-state index contributed by atoms with van der Waals surface area (Å²) in [5.41, 5.74) is 1.55. The van der Waals surface area contributed by atoms with E-state index in [9.17, 15) is 22.8 Å². The number of piperazine rings is 1. The van der Waals surface area contributed by atoms with Crippen LogP contribution in [0.1, 0.15) is 29.8 Å². The predicted octanol–water partition coefficient (Wildman–Crippen LogP) is 2.15. The minimum Gasteiger partial charge on any atom is -0.480 e. The molecule has 39 heavy (non-hydrogen) atoms. The number of rotatable bonds is 8. The number of nitrogens with zero attached hydrogens (tertiary/aromatic N) is 6. The van der Waals surface area contributed by atoms with Gasteiger partial charge in [-0.3, -0.25) is 14.5 Å². The number of aliphatic carboxylic acids is 1. The van der Waals surface area contributed by atoms with Crippen molar-refractivity contribution in [2.45, 2.75) is 25.4 Å². The molecule has 0 unspecified atom stereocenters. The van der Waals surface area contributed by atoms with E-state index in [0.717, 1.165) is 5.56 Å². The van der Waals surface area contributed by atoms with Crippen LogP contribution in [-0.4, -0.2) is 84.2 Å². The largest absolute Gasteiger partial charge is 0.480 e. The zero-order valence-electron chi connectivity index (χ0n) is 21.3. The standard InChI is InChI=1S/C26H30F3N7O3/c27-26(28,29)25-32-21(35-12-10-34(11-13-35)17-23(37)38)14-22(33-25)36-9-1-2-20(16-36)24(39)31-8-7-18-3-5-19(15-30)6-4-18/h3-6,14,20H,1-2,7-13,16-17H2,(H,31,39)(H,37,38)/t20-/m1/s1. The summed E-state index contributed by atoms with van der Waals surface area (Å²) in [6, 6.07) is 10.7. The Bertz CT molecular complexity index is 1210. The maximum absolute atomic E-state index is 13.7. The van der Waals surface area contributed by atoms with Crippen molar-refractivity contribution in [2.24, 2.45) is 5.92 Å². The molecule has 2 aliphatic rings. The van der Waals surface area contributed by atoms with Crippen LogP contribution in [0.3, 0.4) is 0 Å². The third-order valence-electron chi connectivity index (χ3n) is 6.92. The van der Waals surface area contributed by atoms with E-state index in [4.69, 9.17) is 10.4 Å². The zero-order valence-corrected chi connectivity index (χ0v) is 21.3. The molecule has 0 bridgehead atoms. The van der Waals surface area contributed by atoms with Gasteiger partial charge in [0.25, 0.3) is 0 Å². The number of carbonyl (C=O) groups excluding carboxylic acids is 1. The summed E-state index contributed by atoms with van der Waals surface area (Å²) >= 11 is 0. The first kappa shape index (κ1) is 28.1. The Balaban J connectivity index is 1.41. The van der Waals surface area contributed by atoms with Crippen molar-refractivity contribution in [1.29, 1.82) is 5.26 Å². The van der Waals surface area contributed by atoms with Gasteiger partial charge in [-0.05, 0) is 37.0 Å². The lowest BCUT2D eigenvalue weighted by Gasteiger charge is -2.36. The highest BCUT2D eigenvalue weighted by molar-refractivity contribution is 5.79. The number of carbonyl (C=O) groups is 2. The highest BCUT2D eigenvalue weighted by atomic mass is 19.4. The second-order valence-electron chi connectivity index (χ2n) is 9.70. The van der Waals surface area contributed by atoms with Crippen LogP contribution in [0.5, 0.6) is 0 Å². The Hall–Kier alpha value is -3.92. The molecule has 2 saturated heterocycles. The van der Waals surface area contributed by atoms with Crippen molar-refractivity contribution < 1.29 is 27.9 Å². The van der Waals surface area contributed by atoms with Gasteiger partial charge in [-0.2, -0.15) is 18.4 Å². The van der Waals surface area contributed by atoms with Crippen LogP contribution in [0, 0.1) is 17.2 Å². The number of nitriles is 1. The Kier molecular flexibility index (Phi) is 8.86. The molecule has 208 valence electrons. The first-order valence-corrected chi connectivity index (χ1v) is 12.8. The molecule has 0 radical (unpaired) electrons. The van der Waals surface area contributed by atoms with Crippen molar-refractivity contribution in [2.75, 3.05) is 62.2 Å². The summed E-state index contributed by atoms with van der Waals surface area (Å²) in [4.78, 5) is 36.5. The number of carboxylic acid groups (broad SMARTS) is 1. The first-order valence-electron chi connectivity index (χ1n) is 12.8. The molecule has 1 aromatic carbocycles. The number of nitrogens with one attached hydrogen (secondary N) is 1. The predicted molar refractivity (Wildman–Crippen MR) is 136 cm³/mol. The summed E-state index contributed by atoms with van der Waals surface area (Å²) < 4.78 is 41.1. The minimum atomic E-state index is -4.74. The van der Waals surface area contributed by atoms with Gasteiger partial charge in [0.05, 0.1) is 24.1 Å². The van der Waals surface area contributed by atoms with Gasteiger partial charge in [0.2, 0.25) is 11.7 Å². The third-order valence-corrected chi connectivity index (χ3v) is 6.92. The van der Waals surface area contributed by atoms with Gasteiger partial charge in [-0.1, -0.05) is 12.1 Å². The van der Waals surface area contributed by atoms with Crippen LogP contribution in [-0.2, 0) is 22.2 Å². The van der Waals surface area contributed by atoms with E-state index in [-0.39, 0.29) is 30.6 Å². The number of aromatic nitrogens is 2.